The van der Waals surface area contributed by atoms with Gasteiger partial charge >= 0.3 is 5.97 Å². The molecular formula is C20H20FNO4. The summed E-state index contributed by atoms with van der Waals surface area (Å²) in [5, 5.41) is 2.62. The maximum absolute atomic E-state index is 12.8. The van der Waals surface area contributed by atoms with Gasteiger partial charge in [-0.25, -0.2) is 4.39 Å². The van der Waals surface area contributed by atoms with Crippen LogP contribution in [-0.2, 0) is 20.7 Å². The van der Waals surface area contributed by atoms with E-state index in [-0.39, 0.29) is 18.0 Å². The van der Waals surface area contributed by atoms with Gasteiger partial charge in [-0.05, 0) is 62.2 Å². The summed E-state index contributed by atoms with van der Waals surface area (Å²) in [4.78, 5) is 35.2. The summed E-state index contributed by atoms with van der Waals surface area (Å²) in [6, 6.07) is 12.3. The van der Waals surface area contributed by atoms with E-state index in [0.717, 1.165) is 5.56 Å². The number of amides is 1. The first-order valence-corrected chi connectivity index (χ1v) is 8.21. The molecule has 2 aromatic carbocycles. The lowest BCUT2D eigenvalue weighted by atomic mass is 10.1. The average Bonchev–Trinajstić information content (AvgIpc) is 2.61. The SMILES string of the molecule is CC(=O)c1ccc(NC(=O)[C@@H](C)OC(=O)CCc2ccc(F)cc2)cc1. The first kappa shape index (κ1) is 19.3. The topological polar surface area (TPSA) is 72.5 Å². The molecular weight excluding hydrogens is 337 g/mol. The number of Topliss-reactive ketones (excluding diaryl/α,β-unsaturated/α-hetero) is 1. The maximum Gasteiger partial charge on any atom is 0.306 e. The van der Waals surface area contributed by atoms with E-state index in [9.17, 15) is 18.8 Å². The predicted molar refractivity (Wildman–Crippen MR) is 95.4 cm³/mol. The number of halogens is 1. The smallest absolute Gasteiger partial charge is 0.306 e. The van der Waals surface area contributed by atoms with E-state index in [1.165, 1.54) is 26.0 Å². The number of hydrogen-bond donors (Lipinski definition) is 1. The molecule has 26 heavy (non-hydrogen) atoms. The molecule has 5 nitrogen and oxygen atoms in total. The van der Waals surface area contributed by atoms with E-state index in [0.29, 0.717) is 17.7 Å². The molecule has 0 unspecified atom stereocenters. The second-order valence-corrected chi connectivity index (χ2v) is 5.88. The molecule has 0 aromatic heterocycles. The zero-order valence-electron chi connectivity index (χ0n) is 14.6. The second-order valence-electron chi connectivity index (χ2n) is 5.88. The van der Waals surface area contributed by atoms with Gasteiger partial charge < -0.3 is 10.1 Å². The van der Waals surface area contributed by atoms with Crippen LogP contribution in [0.15, 0.2) is 48.5 Å². The van der Waals surface area contributed by atoms with Gasteiger partial charge in [0.1, 0.15) is 5.82 Å². The van der Waals surface area contributed by atoms with Crippen LogP contribution in [0.4, 0.5) is 10.1 Å². The van der Waals surface area contributed by atoms with Crippen molar-refractivity contribution in [1.29, 1.82) is 0 Å². The maximum atomic E-state index is 12.8. The minimum Gasteiger partial charge on any atom is -0.453 e. The number of nitrogens with one attached hydrogen (secondary N) is 1. The predicted octanol–water partition coefficient (Wildman–Crippen LogP) is 3.53. The van der Waals surface area contributed by atoms with E-state index in [2.05, 4.69) is 5.32 Å². The molecule has 0 radical (unpaired) electrons. The zero-order chi connectivity index (χ0) is 19.1. The van der Waals surface area contributed by atoms with E-state index in [1.54, 1.807) is 36.4 Å². The van der Waals surface area contributed by atoms with E-state index < -0.39 is 18.0 Å². The molecule has 6 heteroatoms. The summed E-state index contributed by atoms with van der Waals surface area (Å²) in [7, 11) is 0. The Hall–Kier alpha value is -3.02. The highest BCUT2D eigenvalue weighted by atomic mass is 19.1. The Balaban J connectivity index is 1.80. The third kappa shape index (κ3) is 5.81. The molecule has 1 atom stereocenters. The van der Waals surface area contributed by atoms with Crippen LogP contribution < -0.4 is 5.32 Å². The van der Waals surface area contributed by atoms with E-state index >= 15 is 0 Å². The van der Waals surface area contributed by atoms with Crippen molar-refractivity contribution in [1.82, 2.24) is 0 Å². The lowest BCUT2D eigenvalue weighted by Gasteiger charge is -2.13. The average molecular weight is 357 g/mol. The first-order chi connectivity index (χ1) is 12.3. The zero-order valence-corrected chi connectivity index (χ0v) is 14.6. The molecule has 1 amide bonds. The van der Waals surface area contributed by atoms with Crippen molar-refractivity contribution in [2.24, 2.45) is 0 Å². The summed E-state index contributed by atoms with van der Waals surface area (Å²) in [6.07, 6.45) is -0.459. The van der Waals surface area contributed by atoms with Crippen molar-refractivity contribution in [2.45, 2.75) is 32.8 Å². The lowest BCUT2D eigenvalue weighted by molar-refractivity contribution is -0.153. The van der Waals surface area contributed by atoms with Crippen LogP contribution in [0.5, 0.6) is 0 Å². The van der Waals surface area contributed by atoms with Crippen LogP contribution in [0.1, 0.15) is 36.2 Å². The molecule has 0 saturated heterocycles. The van der Waals surface area contributed by atoms with Gasteiger partial charge in [-0.3, -0.25) is 14.4 Å². The second kappa shape index (κ2) is 8.89. The van der Waals surface area contributed by atoms with Gasteiger partial charge in [-0.1, -0.05) is 12.1 Å². The molecule has 0 heterocycles. The third-order valence-corrected chi connectivity index (χ3v) is 3.77. The molecule has 0 aliphatic heterocycles. The Morgan fingerprint density at radius 1 is 1.04 bits per heavy atom. The van der Waals surface area contributed by atoms with Gasteiger partial charge in [0, 0.05) is 17.7 Å². The normalized spacial score (nSPS) is 11.5. The van der Waals surface area contributed by atoms with Crippen molar-refractivity contribution in [3.8, 4) is 0 Å². The van der Waals surface area contributed by atoms with Crippen molar-refractivity contribution in [3.05, 3.63) is 65.5 Å². The molecule has 2 rings (SSSR count). The van der Waals surface area contributed by atoms with Crippen LogP contribution in [-0.4, -0.2) is 23.8 Å². The number of aryl methyl sites for hydroxylation is 1. The lowest BCUT2D eigenvalue weighted by Crippen LogP contribution is -2.30. The van der Waals surface area contributed by atoms with E-state index in [4.69, 9.17) is 4.74 Å². The minimum atomic E-state index is -0.955. The van der Waals surface area contributed by atoms with Gasteiger partial charge in [0.25, 0.3) is 5.91 Å². The number of hydrogen-bond acceptors (Lipinski definition) is 4. The molecule has 2 aromatic rings. The summed E-state index contributed by atoms with van der Waals surface area (Å²) in [5.41, 5.74) is 1.86. The highest BCUT2D eigenvalue weighted by Gasteiger charge is 2.18. The fourth-order valence-corrected chi connectivity index (χ4v) is 2.24. The largest absolute Gasteiger partial charge is 0.453 e. The van der Waals surface area contributed by atoms with E-state index in [1.807, 2.05) is 0 Å². The quantitative estimate of drug-likeness (QED) is 0.608. The van der Waals surface area contributed by atoms with Crippen molar-refractivity contribution in [2.75, 3.05) is 5.32 Å². The minimum absolute atomic E-state index is 0.0636. The van der Waals surface area contributed by atoms with Gasteiger partial charge in [0.15, 0.2) is 11.9 Å². The summed E-state index contributed by atoms with van der Waals surface area (Å²) in [5.74, 6) is -1.37. The Labute approximate surface area is 151 Å². The Morgan fingerprint density at radius 3 is 2.23 bits per heavy atom. The number of carbonyl (C=O) groups excluding carboxylic acids is 3. The summed E-state index contributed by atoms with van der Waals surface area (Å²) in [6.45, 7) is 2.94. The number of rotatable bonds is 7. The van der Waals surface area contributed by atoms with Crippen LogP contribution in [0.3, 0.4) is 0 Å². The number of benzene rings is 2. The third-order valence-electron chi connectivity index (χ3n) is 3.77. The monoisotopic (exact) mass is 357 g/mol. The summed E-state index contributed by atoms with van der Waals surface area (Å²) >= 11 is 0. The number of anilines is 1. The molecule has 0 aliphatic carbocycles. The molecule has 136 valence electrons. The van der Waals surface area contributed by atoms with Gasteiger partial charge in [-0.15, -0.1) is 0 Å². The molecule has 0 bridgehead atoms. The molecule has 0 spiro atoms. The first-order valence-electron chi connectivity index (χ1n) is 8.21. The van der Waals surface area contributed by atoms with Crippen LogP contribution in [0.2, 0.25) is 0 Å². The molecule has 1 N–H and O–H groups in total. The standard InChI is InChI=1S/C20H20FNO4/c1-13(23)16-6-10-18(11-7-16)22-20(25)14(2)26-19(24)12-5-15-3-8-17(21)9-4-15/h3-4,6-11,14H,5,12H2,1-2H3,(H,22,25)/t14-/m1/s1. The van der Waals surface area contributed by atoms with Crippen LogP contribution in [0.25, 0.3) is 0 Å². The Morgan fingerprint density at radius 2 is 1.65 bits per heavy atom. The molecule has 0 fully saturated rings. The van der Waals surface area contributed by atoms with Crippen molar-refractivity contribution in [3.63, 3.8) is 0 Å². The van der Waals surface area contributed by atoms with Gasteiger partial charge in [0.05, 0.1) is 0 Å². The Bertz CT molecular complexity index is 784. The number of ketones is 1. The van der Waals surface area contributed by atoms with Crippen molar-refractivity contribution >= 4 is 23.3 Å². The highest BCUT2D eigenvalue weighted by Crippen LogP contribution is 2.12. The van der Waals surface area contributed by atoms with Crippen LogP contribution in [0, 0.1) is 5.82 Å². The number of ether oxygens (including phenoxy) is 1. The van der Waals surface area contributed by atoms with Gasteiger partial charge in [-0.2, -0.15) is 0 Å². The fraction of sp³-hybridized carbons (Fsp3) is 0.250. The van der Waals surface area contributed by atoms with Crippen LogP contribution >= 0.6 is 0 Å². The molecule has 0 saturated carbocycles. The van der Waals surface area contributed by atoms with Gasteiger partial charge in [0.2, 0.25) is 0 Å². The fourth-order valence-electron chi connectivity index (χ4n) is 2.24. The molecule has 0 aliphatic rings. The van der Waals surface area contributed by atoms with Crippen molar-refractivity contribution < 1.29 is 23.5 Å². The highest BCUT2D eigenvalue weighted by molar-refractivity contribution is 5.97. The number of esters is 1. The Kier molecular flexibility index (Phi) is 6.60. The summed E-state index contributed by atoms with van der Waals surface area (Å²) < 4.78 is 17.9. The number of carbonyl (C=O) groups is 3.